The third-order valence-electron chi connectivity index (χ3n) is 6.60. The molecule has 1 amide bonds. The van der Waals surface area contributed by atoms with Gasteiger partial charge in [0.15, 0.2) is 5.78 Å². The minimum Gasteiger partial charge on any atom is -0.357 e. The van der Waals surface area contributed by atoms with Crippen LogP contribution < -0.4 is 10.2 Å². The third kappa shape index (κ3) is 3.80. The van der Waals surface area contributed by atoms with Crippen molar-refractivity contribution in [2.45, 2.75) is 38.1 Å². The molecule has 0 fully saturated rings. The van der Waals surface area contributed by atoms with Crippen LogP contribution in [-0.2, 0) is 9.59 Å². The molecule has 1 aliphatic heterocycles. The van der Waals surface area contributed by atoms with Gasteiger partial charge in [-0.1, -0.05) is 67.1 Å². The van der Waals surface area contributed by atoms with E-state index in [2.05, 4.69) is 5.32 Å². The normalized spacial score (nSPS) is 19.7. The number of carbonyl (C=O) groups excluding carboxylic acids is 2. The minimum absolute atomic E-state index is 0.0164. The highest BCUT2D eigenvalue weighted by Crippen LogP contribution is 2.49. The average molecular weight is 475 g/mol. The number of allylic oxidation sites excluding steroid dienone is 1. The third-order valence-corrected chi connectivity index (χ3v) is 6.93. The van der Waals surface area contributed by atoms with Gasteiger partial charge in [0.05, 0.1) is 17.4 Å². The molecule has 3 aromatic carbocycles. The van der Waals surface area contributed by atoms with Crippen molar-refractivity contribution >= 4 is 34.7 Å². The number of rotatable bonds is 3. The van der Waals surface area contributed by atoms with E-state index in [1.165, 1.54) is 17.0 Å². The second-order valence-corrected chi connectivity index (χ2v) is 9.04. The summed E-state index contributed by atoms with van der Waals surface area (Å²) in [5, 5.41) is 3.62. The molecule has 34 heavy (non-hydrogen) atoms. The lowest BCUT2D eigenvalue weighted by Gasteiger charge is -2.35. The lowest BCUT2D eigenvalue weighted by Crippen LogP contribution is -2.38. The summed E-state index contributed by atoms with van der Waals surface area (Å²) in [5.41, 5.74) is 3.61. The first-order chi connectivity index (χ1) is 16.5. The number of anilines is 2. The molecule has 0 saturated heterocycles. The van der Waals surface area contributed by atoms with Crippen LogP contribution in [0, 0.1) is 5.82 Å². The first-order valence-electron chi connectivity index (χ1n) is 11.4. The number of fused-ring (bicyclic) bond motifs is 1. The molecule has 6 heteroatoms. The summed E-state index contributed by atoms with van der Waals surface area (Å²) in [7, 11) is 0. The number of carbonyl (C=O) groups is 2. The molecule has 0 aromatic heterocycles. The predicted octanol–water partition coefficient (Wildman–Crippen LogP) is 6.79. The van der Waals surface area contributed by atoms with Crippen molar-refractivity contribution in [3.8, 4) is 0 Å². The summed E-state index contributed by atoms with van der Waals surface area (Å²) in [6.45, 7) is 1.76. The Morgan fingerprint density at radius 3 is 2.50 bits per heavy atom. The van der Waals surface area contributed by atoms with Crippen LogP contribution in [0.25, 0.3) is 0 Å². The number of para-hydroxylation sites is 2. The predicted molar refractivity (Wildman–Crippen MR) is 132 cm³/mol. The minimum atomic E-state index is -0.962. The van der Waals surface area contributed by atoms with Gasteiger partial charge in [0.1, 0.15) is 5.82 Å². The molecule has 2 atom stereocenters. The van der Waals surface area contributed by atoms with Gasteiger partial charge in [0, 0.05) is 34.7 Å². The maximum absolute atomic E-state index is 15.3. The fourth-order valence-corrected chi connectivity index (χ4v) is 5.31. The molecule has 2 aliphatic rings. The van der Waals surface area contributed by atoms with Crippen LogP contribution in [0.3, 0.4) is 0 Å². The summed E-state index contributed by atoms with van der Waals surface area (Å²) in [5.74, 6) is -0.896. The molecule has 1 heterocycles. The topological polar surface area (TPSA) is 49.4 Å². The fourth-order valence-electron chi connectivity index (χ4n) is 5.04. The van der Waals surface area contributed by atoms with Crippen molar-refractivity contribution < 1.29 is 14.0 Å². The van der Waals surface area contributed by atoms with E-state index >= 15 is 4.39 Å². The highest BCUT2D eigenvalue weighted by molar-refractivity contribution is 6.31. The van der Waals surface area contributed by atoms with Gasteiger partial charge in [-0.05, 0) is 42.2 Å². The second kappa shape index (κ2) is 9.07. The molecule has 172 valence electrons. The Morgan fingerprint density at radius 2 is 1.76 bits per heavy atom. The highest BCUT2D eigenvalue weighted by Gasteiger charge is 2.42. The van der Waals surface area contributed by atoms with E-state index in [1.807, 2.05) is 54.6 Å². The Balaban J connectivity index is 1.76. The van der Waals surface area contributed by atoms with Crippen LogP contribution in [0.4, 0.5) is 15.8 Å². The number of nitrogens with one attached hydrogen (secondary N) is 1. The van der Waals surface area contributed by atoms with Gasteiger partial charge in [0.25, 0.3) is 0 Å². The van der Waals surface area contributed by atoms with Crippen LogP contribution >= 0.6 is 11.6 Å². The number of benzene rings is 3. The molecular weight excluding hydrogens is 451 g/mol. The van der Waals surface area contributed by atoms with Crippen molar-refractivity contribution in [3.63, 3.8) is 0 Å². The number of halogens is 2. The molecule has 0 radical (unpaired) electrons. The molecule has 0 unspecified atom stereocenters. The largest absolute Gasteiger partial charge is 0.357 e. The molecular formula is C28H24ClFN2O2. The van der Waals surface area contributed by atoms with Gasteiger partial charge in [0.2, 0.25) is 5.91 Å². The monoisotopic (exact) mass is 474 g/mol. The second-order valence-electron chi connectivity index (χ2n) is 8.63. The Morgan fingerprint density at radius 1 is 1.03 bits per heavy atom. The lowest BCUT2D eigenvalue weighted by atomic mass is 9.78. The van der Waals surface area contributed by atoms with Crippen LogP contribution in [0.2, 0.25) is 5.02 Å². The standard InChI is InChI=1S/C28H24ClFN2O2/c1-2-25(34)32-23-14-7-6-13-21(23)31-22-15-18(17-9-4-3-5-10-17)16-24(33)27(22)28(32)26-19(29)11-8-12-20(26)30/h3-14,18,28,31H,2,15-16H2,1H3/t18-,28-/m1/s1. The van der Waals surface area contributed by atoms with E-state index in [9.17, 15) is 9.59 Å². The van der Waals surface area contributed by atoms with Gasteiger partial charge < -0.3 is 5.32 Å². The van der Waals surface area contributed by atoms with Crippen molar-refractivity contribution in [3.05, 3.63) is 106 Å². The molecule has 0 spiro atoms. The lowest BCUT2D eigenvalue weighted by molar-refractivity contribution is -0.119. The Labute approximate surface area is 203 Å². The number of amides is 1. The van der Waals surface area contributed by atoms with Gasteiger partial charge in [-0.15, -0.1) is 0 Å². The maximum Gasteiger partial charge on any atom is 0.227 e. The zero-order valence-electron chi connectivity index (χ0n) is 18.7. The summed E-state index contributed by atoms with van der Waals surface area (Å²) in [6, 6.07) is 20.8. The SMILES string of the molecule is CCC(=O)N1c2ccccc2NC2=C(C(=O)C[C@H](c3ccccc3)C2)[C@H]1c1c(F)cccc1Cl. The Kier molecular flexibility index (Phi) is 5.96. The number of hydrogen-bond donors (Lipinski definition) is 1. The van der Waals surface area contributed by atoms with E-state index in [0.717, 1.165) is 5.56 Å². The van der Waals surface area contributed by atoms with Crippen molar-refractivity contribution in [1.82, 2.24) is 0 Å². The smallest absolute Gasteiger partial charge is 0.227 e. The van der Waals surface area contributed by atoms with E-state index in [-0.39, 0.29) is 41.0 Å². The van der Waals surface area contributed by atoms with Gasteiger partial charge in [-0.2, -0.15) is 0 Å². The van der Waals surface area contributed by atoms with E-state index in [0.29, 0.717) is 29.1 Å². The Bertz CT molecular complexity index is 1280. The molecule has 0 saturated carbocycles. The zero-order chi connectivity index (χ0) is 23.8. The number of hydrogen-bond acceptors (Lipinski definition) is 3. The van der Waals surface area contributed by atoms with Crippen LogP contribution in [0.5, 0.6) is 0 Å². The highest BCUT2D eigenvalue weighted by atomic mass is 35.5. The van der Waals surface area contributed by atoms with Crippen LogP contribution in [0.1, 0.15) is 49.3 Å². The molecule has 3 aromatic rings. The van der Waals surface area contributed by atoms with E-state index in [1.54, 1.807) is 13.0 Å². The van der Waals surface area contributed by atoms with Gasteiger partial charge >= 0.3 is 0 Å². The zero-order valence-corrected chi connectivity index (χ0v) is 19.5. The summed E-state index contributed by atoms with van der Waals surface area (Å²) < 4.78 is 15.3. The van der Waals surface area contributed by atoms with Crippen molar-refractivity contribution in [2.75, 3.05) is 10.2 Å². The summed E-state index contributed by atoms with van der Waals surface area (Å²) >= 11 is 6.53. The number of nitrogens with zero attached hydrogens (tertiary/aromatic N) is 1. The summed E-state index contributed by atoms with van der Waals surface area (Å²) in [4.78, 5) is 28.7. The first-order valence-corrected chi connectivity index (χ1v) is 11.8. The maximum atomic E-state index is 15.3. The van der Waals surface area contributed by atoms with E-state index < -0.39 is 11.9 Å². The molecule has 0 bridgehead atoms. The van der Waals surface area contributed by atoms with Gasteiger partial charge in [-0.3, -0.25) is 14.5 Å². The average Bonchev–Trinajstić information content (AvgIpc) is 2.98. The number of ketones is 1. The number of Topliss-reactive ketones (excluding diaryl/α,β-unsaturated/α-hetero) is 1. The quantitative estimate of drug-likeness (QED) is 0.454. The van der Waals surface area contributed by atoms with E-state index in [4.69, 9.17) is 11.6 Å². The molecule has 1 aliphatic carbocycles. The van der Waals surface area contributed by atoms with Crippen LogP contribution in [0.15, 0.2) is 84.1 Å². The molecule has 5 rings (SSSR count). The fraction of sp³-hybridized carbons (Fsp3) is 0.214. The Hall–Kier alpha value is -3.44. The van der Waals surface area contributed by atoms with Crippen LogP contribution in [-0.4, -0.2) is 11.7 Å². The first kappa shape index (κ1) is 22.4. The molecule has 4 nitrogen and oxygen atoms in total. The van der Waals surface area contributed by atoms with Crippen molar-refractivity contribution in [1.29, 1.82) is 0 Å². The molecule has 1 N–H and O–H groups in total. The summed E-state index contributed by atoms with van der Waals surface area (Å²) in [6.07, 6.45) is 1.04. The van der Waals surface area contributed by atoms with Crippen molar-refractivity contribution in [2.24, 2.45) is 0 Å². The van der Waals surface area contributed by atoms with Gasteiger partial charge in [-0.25, -0.2) is 4.39 Å².